The van der Waals surface area contributed by atoms with E-state index in [0.29, 0.717) is 11.4 Å². The molecule has 0 saturated carbocycles. The normalized spacial score (nSPS) is 10.3. The summed E-state index contributed by atoms with van der Waals surface area (Å²) in [5.41, 5.74) is 0.758. The van der Waals surface area contributed by atoms with Crippen molar-refractivity contribution in [3.63, 3.8) is 0 Å². The van der Waals surface area contributed by atoms with E-state index in [-0.39, 0.29) is 5.78 Å². The van der Waals surface area contributed by atoms with Gasteiger partial charge in [0.2, 0.25) is 0 Å². The second kappa shape index (κ2) is 6.62. The Morgan fingerprint density at radius 2 is 1.80 bits per heavy atom. The molecule has 0 aliphatic carbocycles. The van der Waals surface area contributed by atoms with E-state index in [9.17, 15) is 4.79 Å². The lowest BCUT2D eigenvalue weighted by molar-refractivity contribution is 0.0979. The van der Waals surface area contributed by atoms with Gasteiger partial charge in [-0.25, -0.2) is 0 Å². The monoisotopic (exact) mass is 223 g/mol. The Bertz CT molecular complexity index is 303. The van der Waals surface area contributed by atoms with Crippen LogP contribution in [0.25, 0.3) is 0 Å². The molecule has 0 aliphatic heterocycles. The first-order valence-electron chi connectivity index (χ1n) is 5.32. The molecule has 1 aromatic carbocycles. The summed E-state index contributed by atoms with van der Waals surface area (Å²) in [5.74, 6) is 0.204. The first-order valence-corrected chi connectivity index (χ1v) is 5.70. The Balaban J connectivity index is 2.37. The average Bonchev–Trinajstić information content (AvgIpc) is 2.25. The summed E-state index contributed by atoms with van der Waals surface area (Å²) in [7, 11) is 0. The van der Waals surface area contributed by atoms with Crippen LogP contribution in [0.2, 0.25) is 5.02 Å². The molecule has 0 saturated heterocycles. The van der Waals surface area contributed by atoms with Gasteiger partial charge in [0.15, 0.2) is 5.78 Å². The summed E-state index contributed by atoms with van der Waals surface area (Å²) in [6, 6.07) is 7.08. The highest BCUT2D eigenvalue weighted by Crippen LogP contribution is 2.13. The predicted molar refractivity (Wildman–Crippen MR) is 64.2 cm³/mol. The molecular weight excluding hydrogens is 208 g/mol. The second-order valence-electron chi connectivity index (χ2n) is 3.59. The van der Waals surface area contributed by atoms with Crippen molar-refractivity contribution in [3.8, 4) is 0 Å². The van der Waals surface area contributed by atoms with E-state index in [2.05, 4.69) is 6.92 Å². The molecule has 0 unspecified atom stereocenters. The summed E-state index contributed by atoms with van der Waals surface area (Å²) < 4.78 is 0. The SMILES string of the molecule is [CH2]CCCCCC(=O)c1ccc(Cl)cc1. The van der Waals surface area contributed by atoms with Crippen molar-refractivity contribution in [2.75, 3.05) is 0 Å². The maximum Gasteiger partial charge on any atom is 0.162 e. The summed E-state index contributed by atoms with van der Waals surface area (Å²) in [4.78, 5) is 11.7. The number of ketones is 1. The molecule has 0 aromatic heterocycles. The molecule has 0 bridgehead atoms. The van der Waals surface area contributed by atoms with Crippen LogP contribution in [0.3, 0.4) is 0 Å². The maximum absolute atomic E-state index is 11.7. The van der Waals surface area contributed by atoms with Crippen LogP contribution in [0, 0.1) is 6.92 Å². The lowest BCUT2D eigenvalue weighted by Gasteiger charge is -2.00. The zero-order valence-corrected chi connectivity index (χ0v) is 9.59. The van der Waals surface area contributed by atoms with E-state index in [1.54, 1.807) is 24.3 Å². The highest BCUT2D eigenvalue weighted by Gasteiger charge is 2.04. The molecule has 0 N–H and O–H groups in total. The predicted octanol–water partition coefficient (Wildman–Crippen LogP) is 4.31. The standard InChI is InChI=1S/C13H16ClO/c1-2-3-4-5-6-13(15)11-7-9-12(14)10-8-11/h7-10H,1-6H2. The van der Waals surface area contributed by atoms with E-state index < -0.39 is 0 Å². The fourth-order valence-corrected chi connectivity index (χ4v) is 1.55. The molecule has 81 valence electrons. The first kappa shape index (κ1) is 12.3. The van der Waals surface area contributed by atoms with Crippen molar-refractivity contribution in [1.29, 1.82) is 0 Å². The summed E-state index contributed by atoms with van der Waals surface area (Å²) in [6.45, 7) is 3.77. The summed E-state index contributed by atoms with van der Waals surface area (Å²) in [6.07, 6.45) is 4.73. The lowest BCUT2D eigenvalue weighted by Crippen LogP contribution is -1.98. The Kier molecular flexibility index (Phi) is 5.41. The van der Waals surface area contributed by atoms with Crippen molar-refractivity contribution in [3.05, 3.63) is 41.8 Å². The number of rotatable bonds is 6. The van der Waals surface area contributed by atoms with Crippen LogP contribution >= 0.6 is 11.6 Å². The third-order valence-electron chi connectivity index (χ3n) is 2.32. The average molecular weight is 224 g/mol. The van der Waals surface area contributed by atoms with Gasteiger partial charge >= 0.3 is 0 Å². The van der Waals surface area contributed by atoms with E-state index in [1.807, 2.05) is 0 Å². The molecule has 0 atom stereocenters. The van der Waals surface area contributed by atoms with Crippen molar-refractivity contribution in [2.45, 2.75) is 32.1 Å². The van der Waals surface area contributed by atoms with Gasteiger partial charge in [-0.1, -0.05) is 37.8 Å². The minimum Gasteiger partial charge on any atom is -0.294 e. The van der Waals surface area contributed by atoms with Crippen LogP contribution in [-0.2, 0) is 0 Å². The number of hydrogen-bond donors (Lipinski definition) is 0. The van der Waals surface area contributed by atoms with Crippen LogP contribution in [0.5, 0.6) is 0 Å². The van der Waals surface area contributed by atoms with Gasteiger partial charge in [0, 0.05) is 17.0 Å². The largest absolute Gasteiger partial charge is 0.294 e. The quantitative estimate of drug-likeness (QED) is 0.519. The van der Waals surface area contributed by atoms with E-state index in [0.717, 1.165) is 31.2 Å². The van der Waals surface area contributed by atoms with Crippen LogP contribution in [-0.4, -0.2) is 5.78 Å². The van der Waals surface area contributed by atoms with Gasteiger partial charge in [-0.15, -0.1) is 0 Å². The number of carbonyl (C=O) groups is 1. The van der Waals surface area contributed by atoms with Crippen molar-refractivity contribution in [1.82, 2.24) is 0 Å². The molecule has 1 aromatic rings. The third kappa shape index (κ3) is 4.48. The number of halogens is 1. The minimum absolute atomic E-state index is 0.204. The molecule has 1 radical (unpaired) electrons. The molecule has 15 heavy (non-hydrogen) atoms. The second-order valence-corrected chi connectivity index (χ2v) is 4.03. The zero-order valence-electron chi connectivity index (χ0n) is 8.84. The van der Waals surface area contributed by atoms with E-state index in [4.69, 9.17) is 11.6 Å². The first-order chi connectivity index (χ1) is 7.24. The molecule has 2 heteroatoms. The number of carbonyl (C=O) groups excluding carboxylic acids is 1. The van der Waals surface area contributed by atoms with Gasteiger partial charge in [0.1, 0.15) is 0 Å². The molecule has 0 heterocycles. The summed E-state index contributed by atoms with van der Waals surface area (Å²) >= 11 is 5.74. The third-order valence-corrected chi connectivity index (χ3v) is 2.57. The maximum atomic E-state index is 11.7. The van der Waals surface area contributed by atoms with E-state index >= 15 is 0 Å². The highest BCUT2D eigenvalue weighted by molar-refractivity contribution is 6.30. The van der Waals surface area contributed by atoms with Crippen molar-refractivity contribution in [2.24, 2.45) is 0 Å². The van der Waals surface area contributed by atoms with Crippen LogP contribution in [0.1, 0.15) is 42.5 Å². The molecule has 0 fully saturated rings. The van der Waals surface area contributed by atoms with Crippen LogP contribution < -0.4 is 0 Å². The van der Waals surface area contributed by atoms with Gasteiger partial charge in [-0.2, -0.15) is 0 Å². The van der Waals surface area contributed by atoms with Crippen molar-refractivity contribution >= 4 is 17.4 Å². The fourth-order valence-electron chi connectivity index (χ4n) is 1.42. The number of benzene rings is 1. The van der Waals surface area contributed by atoms with E-state index in [1.165, 1.54) is 0 Å². The Labute approximate surface area is 96.5 Å². The summed E-state index contributed by atoms with van der Waals surface area (Å²) in [5, 5.41) is 0.670. The molecule has 0 amide bonds. The molecule has 1 nitrogen and oxygen atoms in total. The minimum atomic E-state index is 0.204. The van der Waals surface area contributed by atoms with Crippen LogP contribution in [0.4, 0.5) is 0 Å². The number of Topliss-reactive ketones (excluding diaryl/α,β-unsaturated/α-hetero) is 1. The number of unbranched alkanes of at least 4 members (excludes halogenated alkanes) is 3. The molecule has 0 aliphatic rings. The molecule has 1 rings (SSSR count). The van der Waals surface area contributed by atoms with Gasteiger partial charge in [0.05, 0.1) is 0 Å². The van der Waals surface area contributed by atoms with Gasteiger partial charge in [-0.3, -0.25) is 4.79 Å². The lowest BCUT2D eigenvalue weighted by atomic mass is 10.0. The zero-order chi connectivity index (χ0) is 11.1. The fraction of sp³-hybridized carbons (Fsp3) is 0.385. The van der Waals surface area contributed by atoms with Crippen LogP contribution in [0.15, 0.2) is 24.3 Å². The van der Waals surface area contributed by atoms with Gasteiger partial charge in [0.25, 0.3) is 0 Å². The van der Waals surface area contributed by atoms with Gasteiger partial charge < -0.3 is 0 Å². The topological polar surface area (TPSA) is 17.1 Å². The smallest absolute Gasteiger partial charge is 0.162 e. The Morgan fingerprint density at radius 1 is 1.13 bits per heavy atom. The highest BCUT2D eigenvalue weighted by atomic mass is 35.5. The van der Waals surface area contributed by atoms with Gasteiger partial charge in [-0.05, 0) is 30.7 Å². The molecular formula is C13H16ClO. The van der Waals surface area contributed by atoms with Crippen molar-refractivity contribution < 1.29 is 4.79 Å². The Hall–Kier alpha value is -0.820. The number of hydrogen-bond acceptors (Lipinski definition) is 1. The molecule has 0 spiro atoms. The Morgan fingerprint density at radius 3 is 2.40 bits per heavy atom.